The molecule has 0 saturated heterocycles. The zero-order valence-electron chi connectivity index (χ0n) is 14.4. The van der Waals surface area contributed by atoms with Crippen LogP contribution in [-0.4, -0.2) is 16.9 Å². The number of carbonyl (C=O) groups excluding carboxylic acids is 1. The summed E-state index contributed by atoms with van der Waals surface area (Å²) in [6, 6.07) is 8.18. The van der Waals surface area contributed by atoms with E-state index in [0.717, 1.165) is 39.6 Å². The Hall–Kier alpha value is -2.26. The molecule has 2 aliphatic rings. The summed E-state index contributed by atoms with van der Waals surface area (Å²) in [5.41, 5.74) is 2.83. The normalized spacial score (nSPS) is 24.4. The minimum Gasteiger partial charge on any atom is -0.497 e. The van der Waals surface area contributed by atoms with Crippen LogP contribution in [0.5, 0.6) is 5.75 Å². The van der Waals surface area contributed by atoms with Crippen LogP contribution in [0.25, 0.3) is 23.9 Å². The van der Waals surface area contributed by atoms with E-state index < -0.39 is 5.41 Å². The van der Waals surface area contributed by atoms with Crippen LogP contribution >= 0.6 is 11.6 Å². The number of hydrogen-bond acceptors (Lipinski definition) is 2. The van der Waals surface area contributed by atoms with Crippen LogP contribution in [0.4, 0.5) is 0 Å². The van der Waals surface area contributed by atoms with Crippen LogP contribution in [0.3, 0.4) is 0 Å². The molecule has 4 heteroatoms. The molecule has 0 N–H and O–H groups in total. The van der Waals surface area contributed by atoms with Crippen LogP contribution in [0, 0.1) is 5.41 Å². The quantitative estimate of drug-likeness (QED) is 0.794. The summed E-state index contributed by atoms with van der Waals surface area (Å²) in [6.45, 7) is 6.76. The van der Waals surface area contributed by atoms with Crippen molar-refractivity contribution < 1.29 is 9.53 Å². The van der Waals surface area contributed by atoms with Gasteiger partial charge in [0, 0.05) is 29.1 Å². The molecule has 1 saturated carbocycles. The Labute approximate surface area is 151 Å². The molecule has 1 aliphatic carbocycles. The van der Waals surface area contributed by atoms with Crippen molar-refractivity contribution in [2.24, 2.45) is 5.41 Å². The number of benzene rings is 1. The number of aromatic nitrogens is 1. The van der Waals surface area contributed by atoms with Gasteiger partial charge in [0.2, 0.25) is 5.24 Å². The van der Waals surface area contributed by atoms with Crippen molar-refractivity contribution in [3.8, 4) is 17.0 Å². The fourth-order valence-electron chi connectivity index (χ4n) is 4.04. The summed E-state index contributed by atoms with van der Waals surface area (Å²) < 4.78 is 7.59. The molecule has 2 atom stereocenters. The zero-order chi connectivity index (χ0) is 17.8. The number of hydrogen-bond donors (Lipinski definition) is 0. The molecule has 0 radical (unpaired) electrons. The number of allylic oxidation sites excluding steroid dienone is 2. The second-order valence-corrected chi connectivity index (χ2v) is 7.20. The van der Waals surface area contributed by atoms with E-state index >= 15 is 0 Å². The molecule has 128 valence electrons. The first-order chi connectivity index (χ1) is 12.0. The number of methoxy groups -OCH3 is 1. The minimum atomic E-state index is -0.530. The van der Waals surface area contributed by atoms with Gasteiger partial charge in [-0.05, 0) is 66.1 Å². The van der Waals surface area contributed by atoms with Crippen molar-refractivity contribution in [1.82, 2.24) is 4.57 Å². The fourth-order valence-corrected chi connectivity index (χ4v) is 4.31. The van der Waals surface area contributed by atoms with Crippen molar-refractivity contribution >= 4 is 29.5 Å². The smallest absolute Gasteiger partial charge is 0.230 e. The van der Waals surface area contributed by atoms with E-state index in [2.05, 4.69) is 23.3 Å². The molecule has 2 unspecified atom stereocenters. The third kappa shape index (κ3) is 2.30. The minimum absolute atomic E-state index is 0.144. The second-order valence-electron chi connectivity index (χ2n) is 6.86. The van der Waals surface area contributed by atoms with Gasteiger partial charge in [0.05, 0.1) is 12.5 Å². The van der Waals surface area contributed by atoms with Crippen LogP contribution < -0.4 is 15.3 Å². The van der Waals surface area contributed by atoms with Gasteiger partial charge >= 0.3 is 0 Å². The van der Waals surface area contributed by atoms with E-state index in [-0.39, 0.29) is 11.2 Å². The highest BCUT2D eigenvalue weighted by atomic mass is 35.5. The predicted molar refractivity (Wildman–Crippen MR) is 101 cm³/mol. The monoisotopic (exact) mass is 353 g/mol. The Morgan fingerprint density at radius 3 is 2.92 bits per heavy atom. The molecular weight excluding hydrogens is 334 g/mol. The Morgan fingerprint density at radius 2 is 2.24 bits per heavy atom. The lowest BCUT2D eigenvalue weighted by molar-refractivity contribution is -0.116. The average molecular weight is 354 g/mol. The molecule has 3 nitrogen and oxygen atoms in total. The number of carbonyl (C=O) groups is 1. The largest absolute Gasteiger partial charge is 0.497 e. The van der Waals surface area contributed by atoms with E-state index in [1.807, 2.05) is 37.3 Å². The summed E-state index contributed by atoms with van der Waals surface area (Å²) in [4.78, 5) is 12.3. The molecule has 1 fully saturated rings. The first-order valence-electron chi connectivity index (χ1n) is 8.41. The predicted octanol–water partition coefficient (Wildman–Crippen LogP) is 3.18. The Balaban J connectivity index is 2.04. The molecule has 1 aromatic carbocycles. The van der Waals surface area contributed by atoms with Gasteiger partial charge in [0.25, 0.3) is 0 Å². The van der Waals surface area contributed by atoms with Gasteiger partial charge in [-0.3, -0.25) is 4.79 Å². The molecule has 2 heterocycles. The van der Waals surface area contributed by atoms with Gasteiger partial charge in [-0.2, -0.15) is 0 Å². The van der Waals surface area contributed by atoms with Crippen molar-refractivity contribution in [1.29, 1.82) is 0 Å². The highest BCUT2D eigenvalue weighted by molar-refractivity contribution is 6.65. The lowest BCUT2D eigenvalue weighted by atomic mass is 9.96. The molecule has 0 bridgehead atoms. The van der Waals surface area contributed by atoms with Crippen molar-refractivity contribution in [2.45, 2.75) is 25.8 Å². The van der Waals surface area contributed by atoms with Gasteiger partial charge in [0.1, 0.15) is 5.75 Å². The standard InChI is InChI=1S/C21H20ClNO2/c1-4-5-6-18-13(2)9-19-15-8-7-14(25-3)10-16(15)17-11-21(17,20(22)24)12-23(18)19/h4-10,17H,2,11-12H2,1,3H3/b5-4-,18-6+. The van der Waals surface area contributed by atoms with E-state index in [1.165, 1.54) is 0 Å². The number of ether oxygens (including phenoxy) is 1. The van der Waals surface area contributed by atoms with E-state index in [1.54, 1.807) is 7.11 Å². The number of nitrogens with zero attached hydrogens (tertiary/aromatic N) is 1. The highest BCUT2D eigenvalue weighted by Crippen LogP contribution is 2.64. The van der Waals surface area contributed by atoms with Crippen LogP contribution in [-0.2, 0) is 11.3 Å². The topological polar surface area (TPSA) is 31.2 Å². The Morgan fingerprint density at radius 1 is 1.44 bits per heavy atom. The summed E-state index contributed by atoms with van der Waals surface area (Å²) in [7, 11) is 1.66. The van der Waals surface area contributed by atoms with E-state index in [4.69, 9.17) is 16.3 Å². The molecule has 1 aromatic heterocycles. The highest BCUT2D eigenvalue weighted by Gasteiger charge is 2.61. The molecule has 4 rings (SSSR count). The van der Waals surface area contributed by atoms with E-state index in [9.17, 15) is 4.79 Å². The summed E-state index contributed by atoms with van der Waals surface area (Å²) in [6.07, 6.45) is 6.81. The van der Waals surface area contributed by atoms with Crippen LogP contribution in [0.1, 0.15) is 24.8 Å². The third-order valence-electron chi connectivity index (χ3n) is 5.49. The molecular formula is C21H20ClNO2. The number of halogens is 1. The maximum Gasteiger partial charge on any atom is 0.230 e. The van der Waals surface area contributed by atoms with Gasteiger partial charge < -0.3 is 9.30 Å². The zero-order valence-corrected chi connectivity index (χ0v) is 15.1. The molecule has 1 aliphatic heterocycles. The van der Waals surface area contributed by atoms with E-state index in [0.29, 0.717) is 6.54 Å². The Kier molecular flexibility index (Phi) is 3.66. The van der Waals surface area contributed by atoms with Crippen LogP contribution in [0.15, 0.2) is 36.4 Å². The summed E-state index contributed by atoms with van der Waals surface area (Å²) >= 11 is 6.06. The molecule has 0 amide bonds. The van der Waals surface area contributed by atoms with Crippen LogP contribution in [0.2, 0.25) is 0 Å². The first kappa shape index (κ1) is 16.2. The second kappa shape index (κ2) is 5.63. The van der Waals surface area contributed by atoms with Crippen molar-refractivity contribution in [3.05, 3.63) is 52.5 Å². The van der Waals surface area contributed by atoms with Crippen molar-refractivity contribution in [2.75, 3.05) is 7.11 Å². The fraction of sp³-hybridized carbons (Fsp3) is 0.286. The lowest BCUT2D eigenvalue weighted by Gasteiger charge is -2.13. The molecule has 0 spiro atoms. The van der Waals surface area contributed by atoms with Gasteiger partial charge in [-0.1, -0.05) is 18.7 Å². The van der Waals surface area contributed by atoms with Crippen molar-refractivity contribution in [3.63, 3.8) is 0 Å². The number of rotatable bonds is 3. The first-order valence-corrected chi connectivity index (χ1v) is 8.79. The van der Waals surface area contributed by atoms with Gasteiger partial charge in [-0.25, -0.2) is 0 Å². The van der Waals surface area contributed by atoms with Gasteiger partial charge in [0.15, 0.2) is 0 Å². The average Bonchev–Trinajstić information content (AvgIpc) is 3.27. The lowest BCUT2D eigenvalue weighted by Crippen LogP contribution is -2.32. The Bertz CT molecular complexity index is 1020. The third-order valence-corrected chi connectivity index (χ3v) is 5.86. The number of fused-ring (bicyclic) bond motifs is 5. The van der Waals surface area contributed by atoms with Gasteiger partial charge in [-0.15, -0.1) is 0 Å². The molecule has 2 aromatic rings. The summed E-state index contributed by atoms with van der Waals surface area (Å²) in [5.74, 6) is 0.947. The maximum absolute atomic E-state index is 12.3. The summed E-state index contributed by atoms with van der Waals surface area (Å²) in [5, 5.41) is 1.72. The maximum atomic E-state index is 12.3. The molecule has 25 heavy (non-hydrogen) atoms. The SMILES string of the molecule is C=c1cc2n(/c1=C/C=C\C)CC1(C(=O)Cl)CC1c1cc(OC)ccc1-2.